The van der Waals surface area contributed by atoms with Crippen LogP contribution in [0.3, 0.4) is 0 Å². The molecule has 0 rings (SSSR count). The molecule has 0 spiro atoms. The third kappa shape index (κ3) is 5.41. The largest absolute Gasteiger partial charge is 0.550 e. The van der Waals surface area contributed by atoms with Crippen molar-refractivity contribution in [3.8, 4) is 0 Å². The smallest absolute Gasteiger partial charge is 0.429 e. The molecule has 10 heavy (non-hydrogen) atoms. The zero-order valence-corrected chi connectivity index (χ0v) is 6.59. The van der Waals surface area contributed by atoms with Gasteiger partial charge in [-0.25, -0.2) is 0 Å². The lowest BCUT2D eigenvalue weighted by atomic mass is 10.1. The third-order valence-corrected chi connectivity index (χ3v) is 1.10. The highest BCUT2D eigenvalue weighted by atomic mass is 16.7. The maximum absolute atomic E-state index is 9.86. The van der Waals surface area contributed by atoms with Gasteiger partial charge in [0, 0.05) is 0 Å². The van der Waals surface area contributed by atoms with Gasteiger partial charge in [-0.1, -0.05) is 13.8 Å². The van der Waals surface area contributed by atoms with Crippen LogP contribution in [0.2, 0.25) is 0 Å². The van der Waals surface area contributed by atoms with Crippen LogP contribution >= 0.6 is 0 Å². The van der Waals surface area contributed by atoms with Crippen molar-refractivity contribution in [2.75, 3.05) is 0 Å². The Bertz CT molecular complexity index is 109. The van der Waals surface area contributed by atoms with Crippen LogP contribution in [-0.4, -0.2) is 12.3 Å². The van der Waals surface area contributed by atoms with Gasteiger partial charge in [0.15, 0.2) is 0 Å². The monoisotopic (exact) mass is 145 g/mol. The topological polar surface area (TPSA) is 46.2 Å². The zero-order chi connectivity index (χ0) is 8.15. The summed E-state index contributed by atoms with van der Waals surface area (Å²) < 4.78 is 4.37. The molecule has 0 aromatic rings. The fraction of sp³-hybridized carbons (Fsp3) is 0.857. The fourth-order valence-corrected chi connectivity index (χ4v) is 0.876. The van der Waals surface area contributed by atoms with Crippen molar-refractivity contribution in [1.82, 2.24) is 0 Å². The predicted molar refractivity (Wildman–Crippen MR) is 36.1 cm³/mol. The summed E-state index contributed by atoms with van der Waals surface area (Å²) in [6, 6.07) is 0. The number of carbonyl (C=O) groups excluding carboxylic acids is 1. The maximum atomic E-state index is 9.86. The van der Waals surface area contributed by atoms with E-state index in [1.54, 1.807) is 6.92 Å². The van der Waals surface area contributed by atoms with Gasteiger partial charge in [0.05, 0.1) is 0 Å². The molecule has 0 heterocycles. The van der Waals surface area contributed by atoms with E-state index in [4.69, 9.17) is 0 Å². The lowest BCUT2D eigenvalue weighted by Gasteiger charge is -2.11. The normalized spacial score (nSPS) is 13.2. The Morgan fingerprint density at radius 3 is 2.20 bits per heavy atom. The van der Waals surface area contributed by atoms with Gasteiger partial charge in [0.2, 0.25) is 0 Å². The highest BCUT2D eigenvalue weighted by molar-refractivity contribution is 5.56. The van der Waals surface area contributed by atoms with Crippen LogP contribution in [-0.2, 0) is 9.84 Å². The molecule has 1 radical (unpaired) electrons. The van der Waals surface area contributed by atoms with Crippen molar-refractivity contribution in [3.05, 3.63) is 0 Å². The molecule has 0 aromatic heterocycles. The summed E-state index contributed by atoms with van der Waals surface area (Å²) in [7, 11) is 0. The van der Waals surface area contributed by atoms with E-state index < -0.39 is 6.16 Å². The van der Waals surface area contributed by atoms with Gasteiger partial charge < -0.3 is 4.74 Å². The van der Waals surface area contributed by atoms with Gasteiger partial charge in [-0.15, -0.1) is 0 Å². The molecule has 1 unspecified atom stereocenters. The van der Waals surface area contributed by atoms with E-state index in [0.29, 0.717) is 5.92 Å². The molecule has 0 aliphatic rings. The van der Waals surface area contributed by atoms with Crippen molar-refractivity contribution in [1.29, 1.82) is 0 Å². The molecule has 0 N–H and O–H groups in total. The molecular weight excluding hydrogens is 132 g/mol. The van der Waals surface area contributed by atoms with E-state index in [-0.39, 0.29) is 6.10 Å². The minimum absolute atomic E-state index is 0.245. The number of ether oxygens (including phenoxy) is 1. The van der Waals surface area contributed by atoms with E-state index in [1.807, 2.05) is 13.8 Å². The Balaban J connectivity index is 3.43. The zero-order valence-electron chi connectivity index (χ0n) is 6.59. The minimum atomic E-state index is -1.44. The van der Waals surface area contributed by atoms with Gasteiger partial charge in [-0.2, -0.15) is 9.90 Å². The lowest BCUT2D eigenvalue weighted by Crippen LogP contribution is -2.14. The summed E-state index contributed by atoms with van der Waals surface area (Å²) in [6.45, 7) is 5.74. The number of hydrogen-bond acceptors (Lipinski definition) is 2. The minimum Gasteiger partial charge on any atom is -0.429 e. The molecule has 0 aliphatic heterocycles. The Morgan fingerprint density at radius 2 is 1.90 bits per heavy atom. The molecule has 3 heteroatoms. The van der Waals surface area contributed by atoms with Crippen LogP contribution in [0.5, 0.6) is 0 Å². The van der Waals surface area contributed by atoms with Crippen molar-refractivity contribution in [2.45, 2.75) is 33.3 Å². The molecule has 1 atom stereocenters. The molecular formula is C7H13O3. The molecule has 59 valence electrons. The first-order valence-electron chi connectivity index (χ1n) is 3.40. The average molecular weight is 145 g/mol. The number of rotatable bonds is 3. The summed E-state index contributed by atoms with van der Waals surface area (Å²) >= 11 is 0. The van der Waals surface area contributed by atoms with Gasteiger partial charge in [0.1, 0.15) is 6.10 Å². The summed E-state index contributed by atoms with van der Waals surface area (Å²) in [6.07, 6.45) is -0.938. The van der Waals surface area contributed by atoms with Crippen LogP contribution < -0.4 is 0 Å². The molecule has 0 aliphatic carbocycles. The molecule has 0 amide bonds. The number of hydrogen-bond donors (Lipinski definition) is 0. The molecule has 0 saturated heterocycles. The predicted octanol–water partition coefficient (Wildman–Crippen LogP) is 1.99. The van der Waals surface area contributed by atoms with Gasteiger partial charge in [-0.3, -0.25) is 0 Å². The van der Waals surface area contributed by atoms with Gasteiger partial charge in [-0.05, 0) is 19.3 Å². The SMILES string of the molecule is CC(C)CC(C)OC([O])=O. The van der Waals surface area contributed by atoms with Crippen molar-refractivity contribution in [3.63, 3.8) is 0 Å². The summed E-state index contributed by atoms with van der Waals surface area (Å²) in [5, 5.41) is 9.86. The second-order valence-electron chi connectivity index (χ2n) is 2.81. The Morgan fingerprint density at radius 1 is 1.40 bits per heavy atom. The quantitative estimate of drug-likeness (QED) is 0.570. The Kier molecular flexibility index (Phi) is 3.84. The fourth-order valence-electron chi connectivity index (χ4n) is 0.876. The van der Waals surface area contributed by atoms with E-state index in [9.17, 15) is 9.90 Å². The standard InChI is InChI=1S/C7H13O3/c1-5(2)4-6(3)10-7(8)9/h5-6H,4H2,1-3H3. The third-order valence-electron chi connectivity index (χ3n) is 1.10. The van der Waals surface area contributed by atoms with Crippen LogP contribution in [0.4, 0.5) is 4.79 Å². The highest BCUT2D eigenvalue weighted by Crippen LogP contribution is 2.07. The van der Waals surface area contributed by atoms with E-state index in [1.165, 1.54) is 0 Å². The van der Waals surface area contributed by atoms with E-state index >= 15 is 0 Å². The van der Waals surface area contributed by atoms with Crippen LogP contribution in [0.1, 0.15) is 27.2 Å². The molecule has 0 fully saturated rings. The van der Waals surface area contributed by atoms with Gasteiger partial charge in [0.25, 0.3) is 0 Å². The van der Waals surface area contributed by atoms with E-state index in [2.05, 4.69) is 4.74 Å². The van der Waals surface area contributed by atoms with Gasteiger partial charge >= 0.3 is 6.16 Å². The first-order valence-corrected chi connectivity index (χ1v) is 3.40. The lowest BCUT2D eigenvalue weighted by molar-refractivity contribution is 0.0318. The second kappa shape index (κ2) is 4.14. The Hall–Kier alpha value is -0.730. The highest BCUT2D eigenvalue weighted by Gasteiger charge is 2.09. The summed E-state index contributed by atoms with van der Waals surface area (Å²) in [4.78, 5) is 9.86. The molecule has 0 aromatic carbocycles. The summed E-state index contributed by atoms with van der Waals surface area (Å²) in [5.41, 5.74) is 0. The molecule has 0 bridgehead atoms. The van der Waals surface area contributed by atoms with Crippen LogP contribution in [0, 0.1) is 5.92 Å². The molecule has 0 saturated carbocycles. The maximum Gasteiger partial charge on any atom is 0.550 e. The van der Waals surface area contributed by atoms with Crippen molar-refractivity contribution >= 4 is 6.16 Å². The first kappa shape index (κ1) is 9.27. The first-order chi connectivity index (χ1) is 4.52. The van der Waals surface area contributed by atoms with Crippen LogP contribution in [0.25, 0.3) is 0 Å². The van der Waals surface area contributed by atoms with Crippen molar-refractivity contribution in [2.24, 2.45) is 5.92 Å². The van der Waals surface area contributed by atoms with Crippen LogP contribution in [0.15, 0.2) is 0 Å². The second-order valence-corrected chi connectivity index (χ2v) is 2.81. The van der Waals surface area contributed by atoms with E-state index in [0.717, 1.165) is 6.42 Å². The summed E-state index contributed by atoms with van der Waals surface area (Å²) in [5.74, 6) is 0.453. The average Bonchev–Trinajstić information content (AvgIpc) is 1.58. The van der Waals surface area contributed by atoms with Crippen molar-refractivity contribution < 1.29 is 14.6 Å². The Labute approximate surface area is 61.0 Å². The number of carbonyl (C=O) groups is 1. The molecule has 3 nitrogen and oxygen atoms in total.